The Hall–Kier alpha value is -1.03. The predicted octanol–water partition coefficient (Wildman–Crippen LogP) is 0.822. The molecule has 0 radical (unpaired) electrons. The fraction of sp³-hybridized carbons (Fsp3) is 0.333. The monoisotopic (exact) mass is 174 g/mol. The van der Waals surface area contributed by atoms with Gasteiger partial charge in [0.05, 0.1) is 12.8 Å². The van der Waals surface area contributed by atoms with E-state index in [1.165, 1.54) is 6.20 Å². The van der Waals surface area contributed by atoms with Crippen molar-refractivity contribution in [2.75, 3.05) is 6.61 Å². The van der Waals surface area contributed by atoms with Crippen molar-refractivity contribution in [3.8, 4) is 5.75 Å². The van der Waals surface area contributed by atoms with Gasteiger partial charge in [-0.25, -0.2) is 5.10 Å². The lowest BCUT2D eigenvalue weighted by molar-refractivity contribution is 0.337. The van der Waals surface area contributed by atoms with Crippen molar-refractivity contribution in [2.45, 2.75) is 6.92 Å². The predicted molar refractivity (Wildman–Crippen MR) is 41.0 cm³/mol. The molecule has 5 heteroatoms. The van der Waals surface area contributed by atoms with Gasteiger partial charge in [0, 0.05) is 0 Å². The highest BCUT2D eigenvalue weighted by Gasteiger charge is 2.03. The molecule has 0 amide bonds. The van der Waals surface area contributed by atoms with Gasteiger partial charge in [0.25, 0.3) is 5.56 Å². The summed E-state index contributed by atoms with van der Waals surface area (Å²) in [6.07, 6.45) is 1.37. The summed E-state index contributed by atoms with van der Waals surface area (Å²) in [5.41, 5.74) is -0.433. The normalized spacial score (nSPS) is 9.64. The van der Waals surface area contributed by atoms with Gasteiger partial charge in [-0.15, -0.1) is 0 Å². The third-order valence-corrected chi connectivity index (χ3v) is 1.42. The standard InChI is InChI=1S/C6H7ClN2O2/c1-2-11-4-3-8-9-6(10)5(4)7/h3H,2H2,1H3,(H,9,10). The lowest BCUT2D eigenvalue weighted by Crippen LogP contribution is -2.09. The molecule has 11 heavy (non-hydrogen) atoms. The first kappa shape index (κ1) is 8.07. The molecule has 0 saturated heterocycles. The van der Waals surface area contributed by atoms with Crippen LogP contribution in [0.5, 0.6) is 5.75 Å². The molecule has 0 bridgehead atoms. The molecule has 4 nitrogen and oxygen atoms in total. The van der Waals surface area contributed by atoms with Gasteiger partial charge in [0.15, 0.2) is 10.8 Å². The van der Waals surface area contributed by atoms with Crippen LogP contribution in [0, 0.1) is 0 Å². The van der Waals surface area contributed by atoms with Crippen LogP contribution < -0.4 is 10.3 Å². The fourth-order valence-corrected chi connectivity index (χ4v) is 0.769. The van der Waals surface area contributed by atoms with E-state index in [1.54, 1.807) is 6.92 Å². The van der Waals surface area contributed by atoms with Crippen molar-refractivity contribution in [1.29, 1.82) is 0 Å². The Bertz CT molecular complexity index is 297. The van der Waals surface area contributed by atoms with Gasteiger partial charge < -0.3 is 4.74 Å². The van der Waals surface area contributed by atoms with Crippen LogP contribution in [0.3, 0.4) is 0 Å². The Labute approximate surface area is 68.1 Å². The van der Waals surface area contributed by atoms with E-state index in [-0.39, 0.29) is 5.02 Å². The SMILES string of the molecule is CCOc1cn[nH]c(=O)c1Cl. The highest BCUT2D eigenvalue weighted by atomic mass is 35.5. The fourth-order valence-electron chi connectivity index (χ4n) is 0.623. The topological polar surface area (TPSA) is 55.0 Å². The summed E-state index contributed by atoms with van der Waals surface area (Å²) in [7, 11) is 0. The molecule has 0 aliphatic rings. The Balaban J connectivity index is 3.06. The minimum absolute atomic E-state index is 0.0434. The summed E-state index contributed by atoms with van der Waals surface area (Å²) < 4.78 is 5.00. The maximum Gasteiger partial charge on any atom is 0.286 e. The first-order valence-corrected chi connectivity index (χ1v) is 3.49. The van der Waals surface area contributed by atoms with Crippen molar-refractivity contribution in [3.63, 3.8) is 0 Å². The number of halogens is 1. The average molecular weight is 175 g/mol. The van der Waals surface area contributed by atoms with Gasteiger partial charge in [0.1, 0.15) is 0 Å². The van der Waals surface area contributed by atoms with E-state index in [1.807, 2.05) is 0 Å². The number of hydrogen-bond donors (Lipinski definition) is 1. The van der Waals surface area contributed by atoms with Gasteiger partial charge in [-0.1, -0.05) is 11.6 Å². The largest absolute Gasteiger partial charge is 0.490 e. The third kappa shape index (κ3) is 1.71. The molecule has 0 aliphatic heterocycles. The second kappa shape index (κ2) is 3.39. The number of hydrogen-bond acceptors (Lipinski definition) is 3. The van der Waals surface area contributed by atoms with E-state index in [0.717, 1.165) is 0 Å². The zero-order valence-corrected chi connectivity index (χ0v) is 6.68. The molecule has 0 fully saturated rings. The Kier molecular flexibility index (Phi) is 2.48. The van der Waals surface area contributed by atoms with Gasteiger partial charge in [0.2, 0.25) is 0 Å². The number of ether oxygens (including phenoxy) is 1. The van der Waals surface area contributed by atoms with Gasteiger partial charge >= 0.3 is 0 Å². The van der Waals surface area contributed by atoms with Crippen molar-refractivity contribution < 1.29 is 4.74 Å². The number of rotatable bonds is 2. The van der Waals surface area contributed by atoms with Crippen LogP contribution in [-0.4, -0.2) is 16.8 Å². The molecule has 0 unspecified atom stereocenters. The highest BCUT2D eigenvalue weighted by Crippen LogP contribution is 2.16. The maximum absolute atomic E-state index is 10.8. The second-order valence-corrected chi connectivity index (χ2v) is 2.19. The molecule has 1 heterocycles. The molecule has 1 N–H and O–H groups in total. The molecule has 0 saturated carbocycles. The summed E-state index contributed by atoms with van der Waals surface area (Å²) in [5.74, 6) is 0.318. The van der Waals surface area contributed by atoms with Gasteiger partial charge in [-0.05, 0) is 6.92 Å². The third-order valence-electron chi connectivity index (χ3n) is 1.06. The summed E-state index contributed by atoms with van der Waals surface area (Å²) >= 11 is 5.56. The van der Waals surface area contributed by atoms with Crippen LogP contribution in [0.15, 0.2) is 11.0 Å². The molecular formula is C6H7ClN2O2. The molecule has 1 aromatic rings. The zero-order valence-electron chi connectivity index (χ0n) is 5.93. The van der Waals surface area contributed by atoms with Crippen LogP contribution in [0.25, 0.3) is 0 Å². The Morgan fingerprint density at radius 3 is 3.18 bits per heavy atom. The molecule has 0 aliphatic carbocycles. The summed E-state index contributed by atoms with van der Waals surface area (Å²) in [6, 6.07) is 0. The first-order valence-electron chi connectivity index (χ1n) is 3.11. The van der Waals surface area contributed by atoms with Crippen LogP contribution in [0.2, 0.25) is 5.02 Å². The average Bonchev–Trinajstić information content (AvgIpc) is 1.99. The van der Waals surface area contributed by atoms with Crippen LogP contribution in [0.1, 0.15) is 6.92 Å². The Morgan fingerprint density at radius 1 is 1.82 bits per heavy atom. The van der Waals surface area contributed by atoms with Gasteiger partial charge in [-0.2, -0.15) is 5.10 Å². The van der Waals surface area contributed by atoms with E-state index in [9.17, 15) is 4.79 Å². The van der Waals surface area contributed by atoms with E-state index < -0.39 is 5.56 Å². The lowest BCUT2D eigenvalue weighted by atomic mass is 10.5. The van der Waals surface area contributed by atoms with Crippen molar-refractivity contribution in [1.82, 2.24) is 10.2 Å². The zero-order chi connectivity index (χ0) is 8.27. The summed E-state index contributed by atoms with van der Waals surface area (Å²) in [6.45, 7) is 2.27. The molecule has 1 aromatic heterocycles. The van der Waals surface area contributed by atoms with Crippen molar-refractivity contribution >= 4 is 11.6 Å². The second-order valence-electron chi connectivity index (χ2n) is 1.81. The summed E-state index contributed by atoms with van der Waals surface area (Å²) in [4.78, 5) is 10.8. The van der Waals surface area contributed by atoms with E-state index in [2.05, 4.69) is 10.2 Å². The number of aromatic amines is 1. The first-order chi connectivity index (χ1) is 5.25. The Morgan fingerprint density at radius 2 is 2.55 bits per heavy atom. The number of nitrogens with zero attached hydrogens (tertiary/aromatic N) is 1. The van der Waals surface area contributed by atoms with Gasteiger partial charge in [-0.3, -0.25) is 4.79 Å². The van der Waals surface area contributed by atoms with E-state index in [0.29, 0.717) is 12.4 Å². The van der Waals surface area contributed by atoms with E-state index in [4.69, 9.17) is 16.3 Å². The maximum atomic E-state index is 10.8. The smallest absolute Gasteiger partial charge is 0.286 e. The van der Waals surface area contributed by atoms with E-state index >= 15 is 0 Å². The molecule has 1 rings (SSSR count). The highest BCUT2D eigenvalue weighted by molar-refractivity contribution is 6.31. The van der Waals surface area contributed by atoms with Crippen LogP contribution in [0.4, 0.5) is 0 Å². The molecular weight excluding hydrogens is 168 g/mol. The van der Waals surface area contributed by atoms with Crippen LogP contribution >= 0.6 is 11.6 Å². The number of nitrogens with one attached hydrogen (secondary N) is 1. The molecule has 60 valence electrons. The summed E-state index contributed by atoms with van der Waals surface area (Å²) in [5, 5.41) is 5.74. The minimum Gasteiger partial charge on any atom is -0.490 e. The minimum atomic E-state index is -0.433. The van der Waals surface area contributed by atoms with Crippen molar-refractivity contribution in [3.05, 3.63) is 21.6 Å². The quantitative estimate of drug-likeness (QED) is 0.723. The number of H-pyrrole nitrogens is 1. The number of aromatic nitrogens is 2. The van der Waals surface area contributed by atoms with Crippen molar-refractivity contribution in [2.24, 2.45) is 0 Å². The molecule has 0 atom stereocenters. The lowest BCUT2D eigenvalue weighted by Gasteiger charge is -2.01. The molecule has 0 spiro atoms. The van der Waals surface area contributed by atoms with Crippen LogP contribution in [-0.2, 0) is 0 Å². The molecule has 0 aromatic carbocycles.